The molecule has 2 heterocycles. The van der Waals surface area contributed by atoms with E-state index in [1.165, 1.54) is 18.5 Å². The number of hydrogen-bond donors (Lipinski definition) is 2. The van der Waals surface area contributed by atoms with Crippen LogP contribution in [-0.4, -0.2) is 55.2 Å². The summed E-state index contributed by atoms with van der Waals surface area (Å²) < 4.78 is 31.5. The molecule has 0 atom stereocenters. The Balaban J connectivity index is 1.55. The third kappa shape index (κ3) is 4.96. The number of pyridine rings is 1. The number of rotatable bonds is 6. The molecule has 1 aliphatic rings. The minimum Gasteiger partial charge on any atom is -0.379 e. The van der Waals surface area contributed by atoms with Gasteiger partial charge in [0, 0.05) is 44.1 Å². The summed E-state index contributed by atoms with van der Waals surface area (Å²) in [5.74, 6) is -2.10. The van der Waals surface area contributed by atoms with Gasteiger partial charge in [-0.05, 0) is 18.2 Å². The Morgan fingerprint density at radius 2 is 1.92 bits per heavy atom. The number of ether oxygens (including phenoxy) is 1. The predicted molar refractivity (Wildman–Crippen MR) is 93.5 cm³/mol. The van der Waals surface area contributed by atoms with Crippen molar-refractivity contribution in [2.24, 2.45) is 0 Å². The molecule has 2 N–H and O–H groups in total. The van der Waals surface area contributed by atoms with Crippen molar-refractivity contribution >= 4 is 17.3 Å². The van der Waals surface area contributed by atoms with E-state index in [0.29, 0.717) is 23.5 Å². The van der Waals surface area contributed by atoms with Gasteiger partial charge in [-0.25, -0.2) is 8.78 Å². The van der Waals surface area contributed by atoms with E-state index in [4.69, 9.17) is 4.74 Å². The maximum atomic E-state index is 13.3. The fraction of sp³-hybridized carbons (Fsp3) is 0.333. The fourth-order valence-electron chi connectivity index (χ4n) is 2.63. The van der Waals surface area contributed by atoms with Gasteiger partial charge in [-0.3, -0.25) is 14.7 Å². The van der Waals surface area contributed by atoms with Crippen LogP contribution in [0.2, 0.25) is 0 Å². The van der Waals surface area contributed by atoms with Gasteiger partial charge in [0.15, 0.2) is 11.6 Å². The summed E-state index contributed by atoms with van der Waals surface area (Å²) >= 11 is 0. The molecular weight excluding hydrogens is 342 g/mol. The number of anilines is 2. The van der Waals surface area contributed by atoms with Crippen LogP contribution in [0.25, 0.3) is 0 Å². The summed E-state index contributed by atoms with van der Waals surface area (Å²) in [4.78, 5) is 18.5. The van der Waals surface area contributed by atoms with E-state index in [-0.39, 0.29) is 5.91 Å². The van der Waals surface area contributed by atoms with Crippen LogP contribution in [0.1, 0.15) is 10.4 Å². The molecule has 0 aliphatic carbocycles. The van der Waals surface area contributed by atoms with Crippen molar-refractivity contribution in [3.63, 3.8) is 0 Å². The highest BCUT2D eigenvalue weighted by atomic mass is 19.2. The lowest BCUT2D eigenvalue weighted by molar-refractivity contribution is 0.0383. The normalized spacial score (nSPS) is 14.8. The molecule has 0 radical (unpaired) electrons. The summed E-state index contributed by atoms with van der Waals surface area (Å²) in [6, 6.07) is 5.10. The Hall–Kier alpha value is -2.58. The summed E-state index contributed by atoms with van der Waals surface area (Å²) in [5, 5.41) is 5.76. The molecule has 0 spiro atoms. The van der Waals surface area contributed by atoms with Crippen LogP contribution in [0.15, 0.2) is 36.7 Å². The second-order valence-electron chi connectivity index (χ2n) is 5.93. The van der Waals surface area contributed by atoms with Gasteiger partial charge in [0.05, 0.1) is 30.7 Å². The number of benzene rings is 1. The van der Waals surface area contributed by atoms with Gasteiger partial charge in [-0.2, -0.15) is 0 Å². The molecule has 1 aromatic carbocycles. The van der Waals surface area contributed by atoms with Crippen LogP contribution in [0.4, 0.5) is 20.2 Å². The van der Waals surface area contributed by atoms with E-state index in [2.05, 4.69) is 20.5 Å². The number of halogens is 2. The summed E-state index contributed by atoms with van der Waals surface area (Å²) in [5.41, 5.74) is 1.27. The first kappa shape index (κ1) is 18.2. The molecule has 1 aromatic heterocycles. The van der Waals surface area contributed by atoms with Crippen LogP contribution >= 0.6 is 0 Å². The quantitative estimate of drug-likeness (QED) is 0.824. The van der Waals surface area contributed by atoms with E-state index in [1.54, 1.807) is 6.07 Å². The molecule has 6 nitrogen and oxygen atoms in total. The summed E-state index contributed by atoms with van der Waals surface area (Å²) in [6.45, 7) is 4.45. The van der Waals surface area contributed by atoms with Crippen LogP contribution in [0.5, 0.6) is 0 Å². The third-order valence-corrected chi connectivity index (χ3v) is 4.03. The Morgan fingerprint density at radius 3 is 2.69 bits per heavy atom. The maximum absolute atomic E-state index is 13.3. The first-order valence-corrected chi connectivity index (χ1v) is 8.37. The number of amides is 1. The second kappa shape index (κ2) is 8.68. The highest BCUT2D eigenvalue weighted by molar-refractivity contribution is 5.94. The molecule has 3 rings (SSSR count). The molecule has 0 saturated carbocycles. The van der Waals surface area contributed by atoms with Crippen molar-refractivity contribution in [3.05, 3.63) is 53.9 Å². The van der Waals surface area contributed by atoms with Crippen molar-refractivity contribution in [2.45, 2.75) is 0 Å². The van der Waals surface area contributed by atoms with Gasteiger partial charge in [-0.1, -0.05) is 0 Å². The van der Waals surface area contributed by atoms with Gasteiger partial charge >= 0.3 is 0 Å². The lowest BCUT2D eigenvalue weighted by Gasteiger charge is -2.26. The topological polar surface area (TPSA) is 66.5 Å². The average Bonchev–Trinajstić information content (AvgIpc) is 2.66. The van der Waals surface area contributed by atoms with Gasteiger partial charge in [0.1, 0.15) is 0 Å². The van der Waals surface area contributed by atoms with Crippen LogP contribution in [0.3, 0.4) is 0 Å². The van der Waals surface area contributed by atoms with Crippen LogP contribution < -0.4 is 10.6 Å². The molecule has 26 heavy (non-hydrogen) atoms. The molecular formula is C18H20F2N4O2. The molecule has 8 heteroatoms. The van der Waals surface area contributed by atoms with Crippen molar-refractivity contribution < 1.29 is 18.3 Å². The Morgan fingerprint density at radius 1 is 1.12 bits per heavy atom. The van der Waals surface area contributed by atoms with Crippen LogP contribution in [-0.2, 0) is 4.74 Å². The summed E-state index contributed by atoms with van der Waals surface area (Å²) in [6.07, 6.45) is 2.96. The maximum Gasteiger partial charge on any atom is 0.252 e. The fourth-order valence-corrected chi connectivity index (χ4v) is 2.63. The molecule has 1 saturated heterocycles. The van der Waals surface area contributed by atoms with Crippen molar-refractivity contribution in [3.8, 4) is 0 Å². The first-order chi connectivity index (χ1) is 12.6. The zero-order chi connectivity index (χ0) is 18.4. The number of carbonyl (C=O) groups excluding carboxylic acids is 1. The zero-order valence-corrected chi connectivity index (χ0v) is 14.2. The van der Waals surface area contributed by atoms with E-state index in [0.717, 1.165) is 45.0 Å². The molecule has 138 valence electrons. The molecule has 1 aliphatic heterocycles. The van der Waals surface area contributed by atoms with Crippen molar-refractivity contribution in [2.75, 3.05) is 44.7 Å². The highest BCUT2D eigenvalue weighted by Gasteiger charge is 2.11. The first-order valence-electron chi connectivity index (χ1n) is 8.37. The summed E-state index contributed by atoms with van der Waals surface area (Å²) in [7, 11) is 0. The molecule has 1 fully saturated rings. The minimum atomic E-state index is -0.944. The number of morpholine rings is 1. The third-order valence-electron chi connectivity index (χ3n) is 4.03. The molecule has 0 unspecified atom stereocenters. The lowest BCUT2D eigenvalue weighted by Crippen LogP contribution is -2.41. The number of carbonyl (C=O) groups is 1. The van der Waals surface area contributed by atoms with Gasteiger partial charge in [0.2, 0.25) is 0 Å². The van der Waals surface area contributed by atoms with Crippen LogP contribution in [0, 0.1) is 11.6 Å². The largest absolute Gasteiger partial charge is 0.379 e. The smallest absolute Gasteiger partial charge is 0.252 e. The predicted octanol–water partition coefficient (Wildman–Crippen LogP) is 2.17. The van der Waals surface area contributed by atoms with Gasteiger partial charge in [-0.15, -0.1) is 0 Å². The monoisotopic (exact) mass is 362 g/mol. The Labute approximate surface area is 150 Å². The van der Waals surface area contributed by atoms with Crippen molar-refractivity contribution in [1.29, 1.82) is 0 Å². The van der Waals surface area contributed by atoms with E-state index >= 15 is 0 Å². The molecule has 0 bridgehead atoms. The molecule has 1 amide bonds. The minimum absolute atomic E-state index is 0.236. The lowest BCUT2D eigenvalue weighted by atomic mass is 10.2. The standard InChI is InChI=1S/C18H20F2N4O2/c19-16-2-1-14(10-17(16)20)23-15-9-13(11-21-12-15)18(25)22-3-4-24-5-7-26-8-6-24/h1-2,9-12,23H,3-8H2,(H,22,25). The zero-order valence-electron chi connectivity index (χ0n) is 14.2. The van der Waals surface area contributed by atoms with Gasteiger partial charge < -0.3 is 15.4 Å². The van der Waals surface area contributed by atoms with E-state index in [1.807, 2.05) is 0 Å². The number of aromatic nitrogens is 1. The second-order valence-corrected chi connectivity index (χ2v) is 5.93. The van der Waals surface area contributed by atoms with E-state index in [9.17, 15) is 13.6 Å². The number of hydrogen-bond acceptors (Lipinski definition) is 5. The Bertz CT molecular complexity index is 767. The van der Waals surface area contributed by atoms with Crippen molar-refractivity contribution in [1.82, 2.24) is 15.2 Å². The molecule has 2 aromatic rings. The number of nitrogens with one attached hydrogen (secondary N) is 2. The number of nitrogens with zero attached hydrogens (tertiary/aromatic N) is 2. The Kier molecular flexibility index (Phi) is 6.08. The van der Waals surface area contributed by atoms with E-state index < -0.39 is 11.6 Å². The average molecular weight is 362 g/mol. The SMILES string of the molecule is O=C(NCCN1CCOCC1)c1cncc(Nc2ccc(F)c(F)c2)c1. The van der Waals surface area contributed by atoms with Gasteiger partial charge in [0.25, 0.3) is 5.91 Å². The highest BCUT2D eigenvalue weighted by Crippen LogP contribution is 2.19.